The summed E-state index contributed by atoms with van der Waals surface area (Å²) in [5, 5.41) is 0. The third-order valence-electron chi connectivity index (χ3n) is 2.89. The van der Waals surface area contributed by atoms with Crippen LogP contribution in [0.3, 0.4) is 0 Å². The SMILES string of the molecule is COC(=O)C1=C(C(C)(N)C(=O)OC)CCC1. The van der Waals surface area contributed by atoms with Crippen molar-refractivity contribution in [1.29, 1.82) is 0 Å². The third kappa shape index (κ3) is 2.09. The van der Waals surface area contributed by atoms with Gasteiger partial charge in [0.25, 0.3) is 0 Å². The maximum Gasteiger partial charge on any atom is 0.333 e. The molecule has 5 nitrogen and oxygen atoms in total. The molecule has 0 heterocycles. The quantitative estimate of drug-likeness (QED) is 0.711. The van der Waals surface area contributed by atoms with Crippen LogP contribution in [0.15, 0.2) is 11.1 Å². The second-order valence-electron chi connectivity index (χ2n) is 4.00. The standard InChI is InChI=1S/C11H17NO4/c1-11(12,10(14)16-3)8-6-4-5-7(8)9(13)15-2/h4-6,12H2,1-3H3. The van der Waals surface area contributed by atoms with Gasteiger partial charge in [0.1, 0.15) is 5.54 Å². The van der Waals surface area contributed by atoms with Crippen LogP contribution in [0.2, 0.25) is 0 Å². The predicted octanol–water partition coefficient (Wildman–Crippen LogP) is 0.530. The fraction of sp³-hybridized carbons (Fsp3) is 0.636. The summed E-state index contributed by atoms with van der Waals surface area (Å²) in [4.78, 5) is 23.0. The highest BCUT2D eigenvalue weighted by Crippen LogP contribution is 2.33. The smallest absolute Gasteiger partial charge is 0.333 e. The molecule has 0 aromatic heterocycles. The van der Waals surface area contributed by atoms with E-state index in [1.807, 2.05) is 0 Å². The van der Waals surface area contributed by atoms with Crippen molar-refractivity contribution >= 4 is 11.9 Å². The maximum atomic E-state index is 11.5. The molecule has 0 radical (unpaired) electrons. The minimum Gasteiger partial charge on any atom is -0.467 e. The Morgan fingerprint density at radius 3 is 2.38 bits per heavy atom. The summed E-state index contributed by atoms with van der Waals surface area (Å²) >= 11 is 0. The average Bonchev–Trinajstić information content (AvgIpc) is 2.76. The first-order valence-corrected chi connectivity index (χ1v) is 5.13. The number of hydrogen-bond donors (Lipinski definition) is 1. The molecular weight excluding hydrogens is 210 g/mol. The van der Waals surface area contributed by atoms with Crippen LogP contribution in [-0.2, 0) is 19.1 Å². The fourth-order valence-electron chi connectivity index (χ4n) is 2.00. The average molecular weight is 227 g/mol. The molecule has 16 heavy (non-hydrogen) atoms. The van der Waals surface area contributed by atoms with Crippen molar-refractivity contribution in [3.63, 3.8) is 0 Å². The summed E-state index contributed by atoms with van der Waals surface area (Å²) in [6.07, 6.45) is 2.04. The van der Waals surface area contributed by atoms with Crippen LogP contribution in [0.1, 0.15) is 26.2 Å². The van der Waals surface area contributed by atoms with Gasteiger partial charge in [0, 0.05) is 5.57 Å². The molecule has 5 heteroatoms. The molecule has 0 fully saturated rings. The normalized spacial score (nSPS) is 19.2. The van der Waals surface area contributed by atoms with Gasteiger partial charge in [-0.3, -0.25) is 0 Å². The Morgan fingerprint density at radius 1 is 1.25 bits per heavy atom. The van der Waals surface area contributed by atoms with E-state index in [1.165, 1.54) is 14.2 Å². The highest BCUT2D eigenvalue weighted by Gasteiger charge is 2.39. The number of carbonyl (C=O) groups is 2. The van der Waals surface area contributed by atoms with E-state index in [0.717, 1.165) is 6.42 Å². The van der Waals surface area contributed by atoms with Gasteiger partial charge in [0.2, 0.25) is 0 Å². The van der Waals surface area contributed by atoms with E-state index in [0.29, 0.717) is 24.0 Å². The van der Waals surface area contributed by atoms with Crippen LogP contribution < -0.4 is 5.73 Å². The molecule has 0 aliphatic heterocycles. The Labute approximate surface area is 94.6 Å². The van der Waals surface area contributed by atoms with Crippen molar-refractivity contribution in [2.75, 3.05) is 14.2 Å². The van der Waals surface area contributed by atoms with Gasteiger partial charge in [-0.05, 0) is 31.8 Å². The van der Waals surface area contributed by atoms with Gasteiger partial charge in [-0.25, -0.2) is 9.59 Å². The lowest BCUT2D eigenvalue weighted by Crippen LogP contribution is -2.47. The van der Waals surface area contributed by atoms with E-state index in [-0.39, 0.29) is 0 Å². The van der Waals surface area contributed by atoms with Gasteiger partial charge in [0.15, 0.2) is 0 Å². The zero-order chi connectivity index (χ0) is 12.3. The molecule has 1 aliphatic carbocycles. The van der Waals surface area contributed by atoms with Crippen molar-refractivity contribution in [3.05, 3.63) is 11.1 Å². The van der Waals surface area contributed by atoms with Crippen molar-refractivity contribution < 1.29 is 19.1 Å². The maximum absolute atomic E-state index is 11.5. The molecule has 0 saturated carbocycles. The van der Waals surface area contributed by atoms with Gasteiger partial charge in [-0.1, -0.05) is 0 Å². The summed E-state index contributed by atoms with van der Waals surface area (Å²) in [7, 11) is 2.60. The number of hydrogen-bond acceptors (Lipinski definition) is 5. The minimum atomic E-state index is -1.24. The first-order chi connectivity index (χ1) is 7.45. The topological polar surface area (TPSA) is 78.6 Å². The summed E-state index contributed by atoms with van der Waals surface area (Å²) in [6, 6.07) is 0. The molecule has 1 atom stereocenters. The van der Waals surface area contributed by atoms with Gasteiger partial charge < -0.3 is 15.2 Å². The zero-order valence-corrected chi connectivity index (χ0v) is 9.83. The Morgan fingerprint density at radius 2 is 1.88 bits per heavy atom. The van der Waals surface area contributed by atoms with Gasteiger partial charge in [0.05, 0.1) is 14.2 Å². The molecular formula is C11H17NO4. The van der Waals surface area contributed by atoms with Crippen LogP contribution in [0.4, 0.5) is 0 Å². The van der Waals surface area contributed by atoms with Crippen LogP contribution in [0.25, 0.3) is 0 Å². The van der Waals surface area contributed by atoms with Gasteiger partial charge >= 0.3 is 11.9 Å². The Balaban J connectivity index is 3.09. The molecule has 0 aromatic rings. The number of methoxy groups -OCH3 is 2. The Kier molecular flexibility index (Phi) is 3.70. The van der Waals surface area contributed by atoms with Crippen LogP contribution in [0, 0.1) is 0 Å². The fourth-order valence-corrected chi connectivity index (χ4v) is 2.00. The molecule has 1 unspecified atom stereocenters. The van der Waals surface area contributed by atoms with Crippen molar-refractivity contribution in [3.8, 4) is 0 Å². The lowest BCUT2D eigenvalue weighted by atomic mass is 9.90. The number of nitrogens with two attached hydrogens (primary N) is 1. The largest absolute Gasteiger partial charge is 0.467 e. The number of esters is 2. The molecule has 0 amide bonds. The number of carbonyl (C=O) groups excluding carboxylic acids is 2. The van der Waals surface area contributed by atoms with Gasteiger partial charge in [-0.2, -0.15) is 0 Å². The van der Waals surface area contributed by atoms with Crippen LogP contribution in [0.5, 0.6) is 0 Å². The molecule has 0 spiro atoms. The van der Waals surface area contributed by atoms with Crippen molar-refractivity contribution in [1.82, 2.24) is 0 Å². The van der Waals surface area contributed by atoms with E-state index in [4.69, 9.17) is 5.73 Å². The molecule has 90 valence electrons. The van der Waals surface area contributed by atoms with Crippen LogP contribution >= 0.6 is 0 Å². The predicted molar refractivity (Wildman–Crippen MR) is 57.5 cm³/mol. The molecule has 1 aliphatic rings. The third-order valence-corrected chi connectivity index (χ3v) is 2.89. The second kappa shape index (κ2) is 4.65. The number of ether oxygens (including phenoxy) is 2. The molecule has 0 aromatic carbocycles. The van der Waals surface area contributed by atoms with E-state index in [2.05, 4.69) is 9.47 Å². The summed E-state index contributed by atoms with van der Waals surface area (Å²) < 4.78 is 9.31. The zero-order valence-electron chi connectivity index (χ0n) is 9.83. The van der Waals surface area contributed by atoms with Gasteiger partial charge in [-0.15, -0.1) is 0 Å². The molecule has 0 bridgehead atoms. The Bertz CT molecular complexity index is 344. The van der Waals surface area contributed by atoms with Crippen molar-refractivity contribution in [2.45, 2.75) is 31.7 Å². The summed E-state index contributed by atoms with van der Waals surface area (Å²) in [5.74, 6) is -0.945. The highest BCUT2D eigenvalue weighted by atomic mass is 16.5. The van der Waals surface area contributed by atoms with E-state index >= 15 is 0 Å². The lowest BCUT2D eigenvalue weighted by molar-refractivity contribution is -0.144. The summed E-state index contributed by atoms with van der Waals surface area (Å²) in [5.41, 5.74) is 5.82. The number of rotatable bonds is 3. The first-order valence-electron chi connectivity index (χ1n) is 5.13. The molecule has 2 N–H and O–H groups in total. The first kappa shape index (κ1) is 12.7. The Hall–Kier alpha value is -1.36. The minimum absolute atomic E-state index is 0.409. The van der Waals surface area contributed by atoms with Crippen LogP contribution in [-0.4, -0.2) is 31.7 Å². The van der Waals surface area contributed by atoms with E-state index in [1.54, 1.807) is 6.92 Å². The highest BCUT2D eigenvalue weighted by molar-refractivity contribution is 5.94. The molecule has 1 rings (SSSR count). The lowest BCUT2D eigenvalue weighted by Gasteiger charge is -2.24. The second-order valence-corrected chi connectivity index (χ2v) is 4.00. The van der Waals surface area contributed by atoms with Crippen molar-refractivity contribution in [2.24, 2.45) is 5.73 Å². The van der Waals surface area contributed by atoms with E-state index < -0.39 is 17.5 Å². The monoisotopic (exact) mass is 227 g/mol. The molecule has 0 saturated heterocycles. The van der Waals surface area contributed by atoms with E-state index in [9.17, 15) is 9.59 Å². The summed E-state index contributed by atoms with van der Waals surface area (Å²) in [6.45, 7) is 1.56.